The second kappa shape index (κ2) is 8.97. The van der Waals surface area contributed by atoms with Crippen molar-refractivity contribution in [2.24, 2.45) is 5.73 Å². The van der Waals surface area contributed by atoms with Gasteiger partial charge in [-0.3, -0.25) is 19.7 Å². The summed E-state index contributed by atoms with van der Waals surface area (Å²) in [5, 5.41) is 10.7. The Labute approximate surface area is 154 Å². The molecule has 3 atom stereocenters. The van der Waals surface area contributed by atoms with E-state index < -0.39 is 35.3 Å². The Balaban J connectivity index is 1.90. The number of hydrogen-bond donors (Lipinski definition) is 5. The highest BCUT2D eigenvalue weighted by atomic mass is 32.2. The van der Waals surface area contributed by atoms with E-state index in [1.807, 2.05) is 13.8 Å². The lowest BCUT2D eigenvalue weighted by molar-refractivity contribution is -0.126. The van der Waals surface area contributed by atoms with E-state index in [9.17, 15) is 18.8 Å². The van der Waals surface area contributed by atoms with Crippen molar-refractivity contribution in [1.29, 1.82) is 0 Å². The number of halogens is 1. The van der Waals surface area contributed by atoms with E-state index in [1.165, 1.54) is 30.0 Å². The van der Waals surface area contributed by atoms with Crippen molar-refractivity contribution in [2.45, 2.75) is 37.6 Å². The highest BCUT2D eigenvalue weighted by Gasteiger charge is 2.35. The number of nitrogens with two attached hydrogens (primary N) is 1. The predicted octanol–water partition coefficient (Wildman–Crippen LogP) is -0.530. The van der Waals surface area contributed by atoms with Crippen LogP contribution in [0.1, 0.15) is 24.2 Å². The smallest absolute Gasteiger partial charge is 0.254 e. The summed E-state index contributed by atoms with van der Waals surface area (Å²) in [6.45, 7) is 3.70. The third-order valence-corrected chi connectivity index (χ3v) is 4.51. The molecular formula is C16H22FN5O3S. The minimum atomic E-state index is -1.07. The minimum Gasteiger partial charge on any atom is -0.353 e. The van der Waals surface area contributed by atoms with Gasteiger partial charge < -0.3 is 21.7 Å². The first-order chi connectivity index (χ1) is 12.3. The molecule has 0 saturated carbocycles. The number of amides is 3. The summed E-state index contributed by atoms with van der Waals surface area (Å²) in [5.41, 5.74) is 5.17. The van der Waals surface area contributed by atoms with Gasteiger partial charge in [0.2, 0.25) is 11.8 Å². The zero-order chi connectivity index (χ0) is 19.3. The fourth-order valence-corrected chi connectivity index (χ4v) is 3.18. The Bertz CT molecular complexity index is 688. The summed E-state index contributed by atoms with van der Waals surface area (Å²) in [7, 11) is 0. The summed E-state index contributed by atoms with van der Waals surface area (Å²) in [4.78, 5) is 36.0. The van der Waals surface area contributed by atoms with Gasteiger partial charge in [0, 0.05) is 6.04 Å². The molecule has 0 radical (unpaired) electrons. The van der Waals surface area contributed by atoms with Crippen molar-refractivity contribution in [3.8, 4) is 0 Å². The van der Waals surface area contributed by atoms with E-state index in [0.29, 0.717) is 0 Å². The van der Waals surface area contributed by atoms with Gasteiger partial charge in [0.05, 0.1) is 17.5 Å². The molecule has 1 heterocycles. The monoisotopic (exact) mass is 383 g/mol. The molecule has 1 fully saturated rings. The Morgan fingerprint density at radius 3 is 2.65 bits per heavy atom. The maximum Gasteiger partial charge on any atom is 0.254 e. The first-order valence-electron chi connectivity index (χ1n) is 8.06. The molecule has 1 aromatic carbocycles. The largest absolute Gasteiger partial charge is 0.353 e. The van der Waals surface area contributed by atoms with Crippen LogP contribution >= 0.6 is 11.8 Å². The van der Waals surface area contributed by atoms with Gasteiger partial charge in [0.25, 0.3) is 5.91 Å². The van der Waals surface area contributed by atoms with Gasteiger partial charge in [-0.1, -0.05) is 12.1 Å². The number of carbonyl (C=O) groups is 3. The van der Waals surface area contributed by atoms with E-state index in [-0.39, 0.29) is 23.3 Å². The van der Waals surface area contributed by atoms with Gasteiger partial charge >= 0.3 is 0 Å². The number of carbonyl (C=O) groups excluding carboxylic acids is 3. The molecule has 142 valence electrons. The highest BCUT2D eigenvalue weighted by Crippen LogP contribution is 2.12. The summed E-state index contributed by atoms with van der Waals surface area (Å²) in [6, 6.07) is 4.41. The predicted molar refractivity (Wildman–Crippen MR) is 96.4 cm³/mol. The van der Waals surface area contributed by atoms with Gasteiger partial charge in [0.15, 0.2) is 0 Å². The standard InChI is InChI=1S/C16H22FN5O3S/c1-8(2)19-11(23)7-26-16-21-13(18)12(15(25)22-16)20-14(24)9-5-3-4-6-10(9)17/h3-6,8,12-13,16,21H,7,18H2,1-2H3,(H,19,23)(H,20,24)(H,22,25). The van der Waals surface area contributed by atoms with Gasteiger partial charge in [-0.25, -0.2) is 4.39 Å². The zero-order valence-electron chi connectivity index (χ0n) is 14.4. The summed E-state index contributed by atoms with van der Waals surface area (Å²) < 4.78 is 13.7. The zero-order valence-corrected chi connectivity index (χ0v) is 15.2. The fraction of sp³-hybridized carbons (Fsp3) is 0.438. The van der Waals surface area contributed by atoms with Crippen molar-refractivity contribution in [1.82, 2.24) is 21.3 Å². The Hall–Kier alpha value is -2.17. The van der Waals surface area contributed by atoms with Gasteiger partial charge in [-0.05, 0) is 26.0 Å². The molecule has 0 spiro atoms. The van der Waals surface area contributed by atoms with E-state index in [4.69, 9.17) is 5.73 Å². The van der Waals surface area contributed by atoms with Crippen molar-refractivity contribution >= 4 is 29.5 Å². The molecule has 3 unspecified atom stereocenters. The van der Waals surface area contributed by atoms with Crippen LogP contribution in [-0.2, 0) is 9.59 Å². The van der Waals surface area contributed by atoms with Gasteiger partial charge in [-0.15, -0.1) is 11.8 Å². The number of benzene rings is 1. The van der Waals surface area contributed by atoms with Crippen LogP contribution in [0.25, 0.3) is 0 Å². The SMILES string of the molecule is CC(C)NC(=O)CSC1NC(=O)C(NC(=O)c2ccccc2F)C(N)N1. The lowest BCUT2D eigenvalue weighted by atomic mass is 10.1. The lowest BCUT2D eigenvalue weighted by Gasteiger charge is -2.35. The summed E-state index contributed by atoms with van der Waals surface area (Å²) >= 11 is 1.17. The lowest BCUT2D eigenvalue weighted by Crippen LogP contribution is -2.70. The first-order valence-corrected chi connectivity index (χ1v) is 9.11. The second-order valence-corrected chi connectivity index (χ2v) is 7.14. The second-order valence-electron chi connectivity index (χ2n) is 6.05. The van der Waals surface area contributed by atoms with E-state index in [0.717, 1.165) is 6.07 Å². The molecule has 0 bridgehead atoms. The molecule has 1 aromatic rings. The number of thioether (sulfide) groups is 1. The number of nitrogens with one attached hydrogen (secondary N) is 4. The molecular weight excluding hydrogens is 361 g/mol. The molecule has 2 rings (SSSR count). The molecule has 0 aliphatic carbocycles. The molecule has 3 amide bonds. The normalized spacial score (nSPS) is 22.7. The maximum absolute atomic E-state index is 13.7. The van der Waals surface area contributed by atoms with Crippen LogP contribution in [0.15, 0.2) is 24.3 Å². The third-order valence-electron chi connectivity index (χ3n) is 3.49. The summed E-state index contributed by atoms with van der Waals surface area (Å²) in [6.07, 6.45) is -0.884. The Kier molecular flexibility index (Phi) is 6.95. The van der Waals surface area contributed by atoms with Crippen molar-refractivity contribution in [2.75, 3.05) is 5.75 Å². The average Bonchev–Trinajstić information content (AvgIpc) is 2.56. The molecule has 10 heteroatoms. The Morgan fingerprint density at radius 1 is 1.35 bits per heavy atom. The molecule has 6 N–H and O–H groups in total. The van der Waals surface area contributed by atoms with Crippen LogP contribution in [0.5, 0.6) is 0 Å². The maximum atomic E-state index is 13.7. The number of hydrogen-bond acceptors (Lipinski definition) is 6. The van der Waals surface area contributed by atoms with Crippen molar-refractivity contribution in [3.63, 3.8) is 0 Å². The quantitative estimate of drug-likeness (QED) is 0.450. The van der Waals surface area contributed by atoms with Crippen LogP contribution < -0.4 is 27.0 Å². The van der Waals surface area contributed by atoms with Crippen molar-refractivity contribution in [3.05, 3.63) is 35.6 Å². The minimum absolute atomic E-state index is 0.0252. The first kappa shape index (κ1) is 20.1. The van der Waals surface area contributed by atoms with Crippen molar-refractivity contribution < 1.29 is 18.8 Å². The van der Waals surface area contributed by atoms with E-state index in [2.05, 4.69) is 21.3 Å². The average molecular weight is 383 g/mol. The molecule has 0 aromatic heterocycles. The van der Waals surface area contributed by atoms with Crippen LogP contribution in [0.4, 0.5) is 4.39 Å². The van der Waals surface area contributed by atoms with Crippen LogP contribution in [0.2, 0.25) is 0 Å². The third kappa shape index (κ3) is 5.41. The summed E-state index contributed by atoms with van der Waals surface area (Å²) in [5.74, 6) is -1.96. The number of rotatable bonds is 6. The van der Waals surface area contributed by atoms with Crippen LogP contribution in [0.3, 0.4) is 0 Å². The van der Waals surface area contributed by atoms with E-state index in [1.54, 1.807) is 0 Å². The molecule has 1 aliphatic rings. The van der Waals surface area contributed by atoms with E-state index >= 15 is 0 Å². The Morgan fingerprint density at radius 2 is 2.04 bits per heavy atom. The van der Waals surface area contributed by atoms with Crippen LogP contribution in [-0.4, -0.2) is 47.2 Å². The molecule has 1 saturated heterocycles. The topological polar surface area (TPSA) is 125 Å². The fourth-order valence-electron chi connectivity index (χ4n) is 2.33. The molecule has 8 nitrogen and oxygen atoms in total. The highest BCUT2D eigenvalue weighted by molar-refractivity contribution is 8.00. The van der Waals surface area contributed by atoms with Gasteiger partial charge in [-0.2, -0.15) is 0 Å². The van der Waals surface area contributed by atoms with Crippen LogP contribution in [0, 0.1) is 5.82 Å². The molecule has 1 aliphatic heterocycles. The van der Waals surface area contributed by atoms with Gasteiger partial charge in [0.1, 0.15) is 17.4 Å². The molecule has 26 heavy (non-hydrogen) atoms.